The smallest absolute Gasteiger partial charge is 0.406 e. The number of nitrogens with one attached hydrogen (secondary N) is 2. The maximum atomic E-state index is 14.2. The number of carbonyl (C=O) groups excluding carboxylic acids is 1. The van der Waals surface area contributed by atoms with Crippen LogP contribution in [0.2, 0.25) is 0 Å². The van der Waals surface area contributed by atoms with E-state index in [1.807, 2.05) is 18.2 Å². The quantitative estimate of drug-likeness (QED) is 0.486. The first kappa shape index (κ1) is 24.8. The Morgan fingerprint density at radius 3 is 2.45 bits per heavy atom. The van der Waals surface area contributed by atoms with Crippen LogP contribution < -0.4 is 15.5 Å². The minimum atomic E-state index is -4.56. The number of aromatic nitrogens is 2. The number of fused-ring (bicyclic) bond motifs is 2. The van der Waals surface area contributed by atoms with Gasteiger partial charge in [-0.05, 0) is 37.5 Å². The van der Waals surface area contributed by atoms with Crippen molar-refractivity contribution in [1.82, 2.24) is 25.3 Å². The summed E-state index contributed by atoms with van der Waals surface area (Å²) in [6, 6.07) is 12.4. The molecule has 1 aliphatic carbocycles. The summed E-state index contributed by atoms with van der Waals surface area (Å²) in [6.45, 7) is 1.75. The van der Waals surface area contributed by atoms with Gasteiger partial charge in [-0.3, -0.25) is 4.79 Å². The zero-order valence-electron chi connectivity index (χ0n) is 21.3. The molecule has 7 nitrogen and oxygen atoms in total. The lowest BCUT2D eigenvalue weighted by Crippen LogP contribution is -2.54. The lowest BCUT2D eigenvalue weighted by molar-refractivity contribution is -0.161. The van der Waals surface area contributed by atoms with Gasteiger partial charge in [0, 0.05) is 11.7 Å². The van der Waals surface area contributed by atoms with Crippen molar-refractivity contribution in [2.24, 2.45) is 0 Å². The summed E-state index contributed by atoms with van der Waals surface area (Å²) < 4.78 is 50.4. The highest BCUT2D eigenvalue weighted by atomic mass is 19.4. The summed E-state index contributed by atoms with van der Waals surface area (Å²) in [5.41, 5.74) is 5.28. The van der Waals surface area contributed by atoms with Crippen molar-refractivity contribution >= 4 is 22.5 Å². The average molecular weight is 526 g/mol. The monoisotopic (exact) mass is 525 g/mol. The lowest BCUT2D eigenvalue weighted by atomic mass is 9.89. The van der Waals surface area contributed by atoms with Crippen LogP contribution in [0.4, 0.5) is 13.2 Å². The number of benzene rings is 2. The van der Waals surface area contributed by atoms with Gasteiger partial charge in [-0.15, -0.1) is 0 Å². The van der Waals surface area contributed by atoms with Gasteiger partial charge in [-0.2, -0.15) is 13.2 Å². The number of rotatable bonds is 4. The molecule has 1 saturated carbocycles. The van der Waals surface area contributed by atoms with E-state index in [-0.39, 0.29) is 11.6 Å². The second-order valence-corrected chi connectivity index (χ2v) is 10.3. The second kappa shape index (κ2) is 9.34. The van der Waals surface area contributed by atoms with Crippen LogP contribution in [0.15, 0.2) is 54.2 Å². The molecule has 3 heterocycles. The molecule has 10 heteroatoms. The standard InChI is InChI=1S/C28H30F3N5O2/c1-16-21(25-33-23-19(14-9-15-20(23)38-2)35(25)18-12-7-4-8-13-18)27(37)36-26(32-16)22(17-10-5-3-6-11-17)24(34-36)28(29,30)31/h3,5-6,9-11,14-15,18,22,24,26,32,34H,4,7-8,12-13H2,1-2H3. The number of nitrogens with zero attached hydrogens (tertiary/aromatic N) is 3. The summed E-state index contributed by atoms with van der Waals surface area (Å²) in [5.74, 6) is -0.497. The Kier molecular flexibility index (Phi) is 6.09. The number of methoxy groups -OCH3 is 1. The van der Waals surface area contributed by atoms with Gasteiger partial charge < -0.3 is 14.6 Å². The fourth-order valence-corrected chi connectivity index (χ4v) is 6.30. The van der Waals surface area contributed by atoms with Crippen molar-refractivity contribution in [3.63, 3.8) is 0 Å². The van der Waals surface area contributed by atoms with Crippen LogP contribution >= 0.6 is 0 Å². The molecule has 1 amide bonds. The predicted octanol–water partition coefficient (Wildman–Crippen LogP) is 5.27. The number of hydrazine groups is 1. The minimum absolute atomic E-state index is 0.133. The Bertz CT molecular complexity index is 1390. The third kappa shape index (κ3) is 3.93. The zero-order valence-corrected chi connectivity index (χ0v) is 21.3. The van der Waals surface area contributed by atoms with Crippen molar-refractivity contribution < 1.29 is 22.7 Å². The Hall–Kier alpha value is -3.53. The minimum Gasteiger partial charge on any atom is -0.494 e. The molecule has 0 spiro atoms. The van der Waals surface area contributed by atoms with Crippen LogP contribution in [-0.4, -0.2) is 46.0 Å². The van der Waals surface area contributed by atoms with Gasteiger partial charge >= 0.3 is 6.18 Å². The van der Waals surface area contributed by atoms with Gasteiger partial charge in [0.05, 0.1) is 18.5 Å². The number of hydrogen-bond donors (Lipinski definition) is 2. The van der Waals surface area contributed by atoms with Gasteiger partial charge in [0.15, 0.2) is 0 Å². The third-order valence-electron chi connectivity index (χ3n) is 8.03. The molecule has 3 aromatic rings. The van der Waals surface area contributed by atoms with E-state index in [1.165, 1.54) is 0 Å². The summed E-state index contributed by atoms with van der Waals surface area (Å²) in [7, 11) is 1.58. The average Bonchev–Trinajstić information content (AvgIpc) is 3.49. The van der Waals surface area contributed by atoms with E-state index >= 15 is 0 Å². The molecule has 2 fully saturated rings. The Balaban J connectivity index is 1.49. The van der Waals surface area contributed by atoms with Gasteiger partial charge in [0.1, 0.15) is 34.9 Å². The summed E-state index contributed by atoms with van der Waals surface area (Å²) in [4.78, 5) is 18.9. The van der Waals surface area contributed by atoms with Crippen LogP contribution in [0.25, 0.3) is 16.6 Å². The number of halogens is 3. The molecule has 0 bridgehead atoms. The molecule has 3 aliphatic rings. The van der Waals surface area contributed by atoms with E-state index in [4.69, 9.17) is 9.72 Å². The van der Waals surface area contributed by atoms with Crippen molar-refractivity contribution in [1.29, 1.82) is 0 Å². The molecule has 3 atom stereocenters. The van der Waals surface area contributed by atoms with E-state index in [0.717, 1.165) is 42.6 Å². The van der Waals surface area contributed by atoms with Crippen LogP contribution in [0.5, 0.6) is 5.75 Å². The maximum absolute atomic E-state index is 14.2. The molecule has 0 radical (unpaired) electrons. The molecule has 2 aliphatic heterocycles. The number of alkyl halides is 3. The molecule has 1 saturated heterocycles. The highest BCUT2D eigenvalue weighted by Crippen LogP contribution is 2.44. The molecule has 38 heavy (non-hydrogen) atoms. The van der Waals surface area contributed by atoms with Crippen LogP contribution in [0.3, 0.4) is 0 Å². The van der Waals surface area contributed by atoms with E-state index in [9.17, 15) is 18.0 Å². The fraction of sp³-hybridized carbons (Fsp3) is 0.429. The largest absolute Gasteiger partial charge is 0.494 e. The molecule has 2 N–H and O–H groups in total. The normalized spacial score (nSPS) is 24.6. The molecular formula is C28H30F3N5O2. The fourth-order valence-electron chi connectivity index (χ4n) is 6.30. The molecule has 1 aromatic heterocycles. The van der Waals surface area contributed by atoms with Crippen LogP contribution in [0.1, 0.15) is 62.4 Å². The number of hydrogen-bond acceptors (Lipinski definition) is 5. The van der Waals surface area contributed by atoms with E-state index in [1.54, 1.807) is 44.4 Å². The summed E-state index contributed by atoms with van der Waals surface area (Å²) >= 11 is 0. The highest BCUT2D eigenvalue weighted by molar-refractivity contribution is 6.20. The SMILES string of the molecule is COc1cccc2c1nc(C1=C(C)NC3C(c4ccccc4)C(C(F)(F)F)NN3C1=O)n2C1CCCCC1. The summed E-state index contributed by atoms with van der Waals surface area (Å²) in [6.07, 6.45) is -0.276. The van der Waals surface area contributed by atoms with Gasteiger partial charge in [0.2, 0.25) is 0 Å². The van der Waals surface area contributed by atoms with E-state index in [0.29, 0.717) is 28.4 Å². The highest BCUT2D eigenvalue weighted by Gasteiger charge is 2.58. The Morgan fingerprint density at radius 1 is 1.03 bits per heavy atom. The molecule has 200 valence electrons. The van der Waals surface area contributed by atoms with E-state index < -0.39 is 30.2 Å². The zero-order chi connectivity index (χ0) is 26.6. The van der Waals surface area contributed by atoms with Crippen molar-refractivity contribution in [2.45, 2.75) is 69.4 Å². The number of amides is 1. The predicted molar refractivity (Wildman–Crippen MR) is 137 cm³/mol. The van der Waals surface area contributed by atoms with Gasteiger partial charge in [-0.25, -0.2) is 15.4 Å². The van der Waals surface area contributed by atoms with Gasteiger partial charge in [0.25, 0.3) is 5.91 Å². The number of allylic oxidation sites excluding steroid dienone is 1. The maximum Gasteiger partial charge on any atom is 0.406 e. The molecule has 3 unspecified atom stereocenters. The van der Waals surface area contributed by atoms with E-state index in [2.05, 4.69) is 15.3 Å². The first-order valence-electron chi connectivity index (χ1n) is 13.0. The first-order valence-corrected chi connectivity index (χ1v) is 13.0. The first-order chi connectivity index (χ1) is 18.3. The Labute approximate surface area is 218 Å². The van der Waals surface area contributed by atoms with Gasteiger partial charge in [-0.1, -0.05) is 55.7 Å². The van der Waals surface area contributed by atoms with Crippen molar-refractivity contribution in [3.05, 3.63) is 65.6 Å². The van der Waals surface area contributed by atoms with Crippen LogP contribution in [-0.2, 0) is 4.79 Å². The number of para-hydroxylation sites is 1. The van der Waals surface area contributed by atoms with Crippen LogP contribution in [0, 0.1) is 0 Å². The second-order valence-electron chi connectivity index (χ2n) is 10.3. The van der Waals surface area contributed by atoms with Crippen molar-refractivity contribution in [3.8, 4) is 5.75 Å². The lowest BCUT2D eigenvalue weighted by Gasteiger charge is -2.35. The third-order valence-corrected chi connectivity index (χ3v) is 8.03. The topological polar surface area (TPSA) is 71.4 Å². The number of ether oxygens (including phenoxy) is 1. The molecule has 6 rings (SSSR count). The molecule has 2 aromatic carbocycles. The number of carbonyl (C=O) groups is 1. The summed E-state index contributed by atoms with van der Waals surface area (Å²) in [5, 5.41) is 4.36. The Morgan fingerprint density at radius 2 is 1.76 bits per heavy atom. The number of imidazole rings is 1. The molecular weight excluding hydrogens is 495 g/mol. The van der Waals surface area contributed by atoms with Crippen molar-refractivity contribution in [2.75, 3.05) is 7.11 Å².